The van der Waals surface area contributed by atoms with E-state index in [0.29, 0.717) is 21.9 Å². The average Bonchev–Trinajstić information content (AvgIpc) is 3.38. The Balaban J connectivity index is 1.17. The number of fused-ring (bicyclic) bond motifs is 3. The zero-order valence-electron chi connectivity index (χ0n) is 22.0. The lowest BCUT2D eigenvalue weighted by atomic mass is 9.96. The van der Waals surface area contributed by atoms with E-state index in [-0.39, 0.29) is 5.43 Å². The van der Waals surface area contributed by atoms with E-state index in [2.05, 4.69) is 47.0 Å². The summed E-state index contributed by atoms with van der Waals surface area (Å²) >= 11 is 0. The molecule has 5 nitrogen and oxygen atoms in total. The number of hydrogen-bond acceptors (Lipinski definition) is 4. The Hall–Kier alpha value is -5.81. The summed E-state index contributed by atoms with van der Waals surface area (Å²) in [5, 5.41) is 3.40. The quantitative estimate of drug-likeness (QED) is 0.205. The van der Waals surface area contributed by atoms with Gasteiger partial charge >= 0.3 is 0 Å². The van der Waals surface area contributed by atoms with Crippen LogP contribution in [0.15, 0.2) is 124 Å². The molecule has 4 heterocycles. The van der Waals surface area contributed by atoms with E-state index in [4.69, 9.17) is 13.9 Å². The van der Waals surface area contributed by atoms with Crippen LogP contribution in [0.4, 0.5) is 0 Å². The molecular weight excluding hydrogens is 522 g/mol. The molecular formula is C37H19NO4. The van der Waals surface area contributed by atoms with Gasteiger partial charge in [-0.1, -0.05) is 54.6 Å². The zero-order valence-corrected chi connectivity index (χ0v) is 22.0. The molecule has 0 saturated heterocycles. The molecule has 0 fully saturated rings. The topological polar surface area (TPSA) is 53.6 Å². The number of aromatic nitrogens is 1. The minimum Gasteiger partial charge on any atom is -0.456 e. The molecule has 0 bridgehead atoms. The SMILES string of the molecule is O=c1c2ccccc2oc2ccc(-c3cccc(-c4cc5c6c(c4)c4cccc7c4n6-c4c(cccc4O5)O7)c3)cc12. The minimum absolute atomic E-state index is 0.0212. The highest BCUT2D eigenvalue weighted by Crippen LogP contribution is 2.54. The van der Waals surface area contributed by atoms with Crippen LogP contribution in [0.3, 0.4) is 0 Å². The van der Waals surface area contributed by atoms with Gasteiger partial charge in [0.15, 0.2) is 23.0 Å². The Kier molecular flexibility index (Phi) is 4.01. The molecule has 2 aliphatic heterocycles. The van der Waals surface area contributed by atoms with Gasteiger partial charge in [0.05, 0.1) is 21.8 Å². The molecule has 2 aromatic heterocycles. The van der Waals surface area contributed by atoms with Crippen LogP contribution in [0.2, 0.25) is 0 Å². The molecule has 2 aliphatic rings. The molecule has 42 heavy (non-hydrogen) atoms. The van der Waals surface area contributed by atoms with Gasteiger partial charge in [-0.2, -0.15) is 0 Å². The van der Waals surface area contributed by atoms with Gasteiger partial charge in [0.25, 0.3) is 0 Å². The van der Waals surface area contributed by atoms with Crippen molar-refractivity contribution in [1.29, 1.82) is 0 Å². The summed E-state index contributed by atoms with van der Waals surface area (Å²) in [6.07, 6.45) is 0. The first kappa shape index (κ1) is 21.9. The molecule has 0 unspecified atom stereocenters. The first-order valence-electron chi connectivity index (χ1n) is 13.9. The molecule has 5 heteroatoms. The Labute approximate surface area is 238 Å². The number of hydrogen-bond donors (Lipinski definition) is 0. The smallest absolute Gasteiger partial charge is 0.200 e. The second-order valence-corrected chi connectivity index (χ2v) is 10.9. The van der Waals surface area contributed by atoms with Crippen LogP contribution >= 0.6 is 0 Å². The minimum atomic E-state index is -0.0212. The molecule has 6 aromatic carbocycles. The van der Waals surface area contributed by atoms with Crippen LogP contribution in [-0.2, 0) is 0 Å². The molecule has 0 aliphatic carbocycles. The van der Waals surface area contributed by atoms with Gasteiger partial charge in [0.2, 0.25) is 5.43 Å². The van der Waals surface area contributed by atoms with Gasteiger partial charge < -0.3 is 13.9 Å². The Bertz CT molecular complexity index is 2550. The third kappa shape index (κ3) is 2.79. The Morgan fingerprint density at radius 2 is 1.10 bits per heavy atom. The van der Waals surface area contributed by atoms with Crippen molar-refractivity contribution in [2.24, 2.45) is 0 Å². The van der Waals surface area contributed by atoms with Gasteiger partial charge in [-0.3, -0.25) is 9.36 Å². The van der Waals surface area contributed by atoms with Crippen molar-refractivity contribution in [3.05, 3.63) is 125 Å². The molecule has 0 N–H and O–H groups in total. The highest BCUT2D eigenvalue weighted by molar-refractivity contribution is 6.16. The fourth-order valence-electron chi connectivity index (χ4n) is 6.66. The van der Waals surface area contributed by atoms with Crippen LogP contribution in [0.25, 0.3) is 71.7 Å². The van der Waals surface area contributed by atoms with Gasteiger partial charge in [0.1, 0.15) is 16.9 Å². The molecule has 10 rings (SSSR count). The van der Waals surface area contributed by atoms with E-state index < -0.39 is 0 Å². The largest absolute Gasteiger partial charge is 0.456 e. The average molecular weight is 542 g/mol. The lowest BCUT2D eigenvalue weighted by molar-refractivity contribution is 0.444. The van der Waals surface area contributed by atoms with Crippen molar-refractivity contribution in [2.45, 2.75) is 0 Å². The second-order valence-electron chi connectivity index (χ2n) is 10.9. The fourth-order valence-corrected chi connectivity index (χ4v) is 6.66. The molecule has 0 amide bonds. The highest BCUT2D eigenvalue weighted by Gasteiger charge is 2.32. The molecule has 0 saturated carbocycles. The van der Waals surface area contributed by atoms with Gasteiger partial charge in [0, 0.05) is 10.8 Å². The monoisotopic (exact) mass is 541 g/mol. The Morgan fingerprint density at radius 1 is 0.452 bits per heavy atom. The van der Waals surface area contributed by atoms with Crippen molar-refractivity contribution in [1.82, 2.24) is 4.57 Å². The van der Waals surface area contributed by atoms with E-state index in [1.54, 1.807) is 0 Å². The summed E-state index contributed by atoms with van der Waals surface area (Å²) in [4.78, 5) is 13.3. The number of rotatable bonds is 2. The maximum absolute atomic E-state index is 13.3. The molecule has 0 spiro atoms. The normalized spacial score (nSPS) is 12.8. The van der Waals surface area contributed by atoms with E-state index in [9.17, 15) is 4.79 Å². The first-order valence-corrected chi connectivity index (χ1v) is 13.9. The summed E-state index contributed by atoms with van der Waals surface area (Å²) in [6.45, 7) is 0. The maximum Gasteiger partial charge on any atom is 0.200 e. The van der Waals surface area contributed by atoms with Crippen LogP contribution in [0.5, 0.6) is 23.0 Å². The molecule has 8 aromatic rings. The third-order valence-electron chi connectivity index (χ3n) is 8.54. The van der Waals surface area contributed by atoms with Gasteiger partial charge in [-0.05, 0) is 82.9 Å². The number of para-hydroxylation sites is 3. The first-order chi connectivity index (χ1) is 20.7. The van der Waals surface area contributed by atoms with Crippen molar-refractivity contribution in [2.75, 3.05) is 0 Å². The summed E-state index contributed by atoms with van der Waals surface area (Å²) < 4.78 is 21.1. The summed E-state index contributed by atoms with van der Waals surface area (Å²) in [5.74, 6) is 3.24. The molecule has 0 radical (unpaired) electrons. The predicted octanol–water partition coefficient (Wildman–Crippen LogP) is 9.59. The van der Waals surface area contributed by atoms with E-state index >= 15 is 0 Å². The standard InChI is InChI=1S/C37H19NO4/c39-37-25-8-1-2-10-28(25)40-29-15-14-22(17-27(29)37)20-6-3-7-21(16-20)23-18-26-24-9-4-11-30-34(24)38-35(26)33(19-23)42-32-13-5-12-31(41-30)36(32)38/h1-19H. The summed E-state index contributed by atoms with van der Waals surface area (Å²) in [7, 11) is 0. The van der Waals surface area contributed by atoms with Crippen LogP contribution in [0, 0.1) is 0 Å². The molecule has 196 valence electrons. The summed E-state index contributed by atoms with van der Waals surface area (Å²) in [6, 6.07) is 38.1. The van der Waals surface area contributed by atoms with Crippen molar-refractivity contribution >= 4 is 43.7 Å². The Morgan fingerprint density at radius 3 is 2.00 bits per heavy atom. The van der Waals surface area contributed by atoms with Crippen LogP contribution in [-0.4, -0.2) is 4.57 Å². The number of ether oxygens (including phenoxy) is 2. The molecule has 0 atom stereocenters. The van der Waals surface area contributed by atoms with Gasteiger partial charge in [-0.25, -0.2) is 0 Å². The van der Waals surface area contributed by atoms with E-state index in [0.717, 1.165) is 72.7 Å². The number of benzene rings is 6. The van der Waals surface area contributed by atoms with Crippen molar-refractivity contribution in [3.8, 4) is 50.9 Å². The van der Waals surface area contributed by atoms with Crippen molar-refractivity contribution < 1.29 is 13.9 Å². The third-order valence-corrected chi connectivity index (χ3v) is 8.54. The van der Waals surface area contributed by atoms with E-state index in [1.807, 2.05) is 72.8 Å². The predicted molar refractivity (Wildman–Crippen MR) is 165 cm³/mol. The van der Waals surface area contributed by atoms with Gasteiger partial charge in [-0.15, -0.1) is 0 Å². The van der Waals surface area contributed by atoms with E-state index in [1.165, 1.54) is 0 Å². The fraction of sp³-hybridized carbons (Fsp3) is 0. The van der Waals surface area contributed by atoms with Crippen LogP contribution in [0.1, 0.15) is 0 Å². The number of nitrogens with zero attached hydrogens (tertiary/aromatic N) is 1. The van der Waals surface area contributed by atoms with Crippen LogP contribution < -0.4 is 14.9 Å². The lowest BCUT2D eigenvalue weighted by Crippen LogP contribution is -2.09. The lowest BCUT2D eigenvalue weighted by Gasteiger charge is -2.27. The summed E-state index contributed by atoms with van der Waals surface area (Å²) in [5.41, 5.74) is 8.30. The second kappa shape index (κ2) is 7.68. The highest BCUT2D eigenvalue weighted by atomic mass is 16.5. The zero-order chi connectivity index (χ0) is 27.5. The van der Waals surface area contributed by atoms with Crippen molar-refractivity contribution in [3.63, 3.8) is 0 Å². The maximum atomic E-state index is 13.3.